The molecule has 0 atom stereocenters. The van der Waals surface area contributed by atoms with Crippen LogP contribution in [0.4, 0.5) is 6.01 Å². The van der Waals surface area contributed by atoms with Crippen LogP contribution in [0.1, 0.15) is 16.8 Å². The number of carbonyl (C=O) groups excluding carboxylic acids is 1. The van der Waals surface area contributed by atoms with E-state index in [-0.39, 0.29) is 11.2 Å². The fourth-order valence-corrected chi connectivity index (χ4v) is 2.63. The molecule has 1 amide bonds. The lowest BCUT2D eigenvalue weighted by atomic mass is 9.87. The van der Waals surface area contributed by atoms with Gasteiger partial charge in [0.25, 0.3) is 11.9 Å². The van der Waals surface area contributed by atoms with E-state index in [9.17, 15) is 4.79 Å². The highest BCUT2D eigenvalue weighted by molar-refractivity contribution is 6.03. The van der Waals surface area contributed by atoms with E-state index in [1.807, 2.05) is 4.90 Å². The molecule has 0 aliphatic carbocycles. The average Bonchev–Trinajstić information content (AvgIpc) is 2.67. The molecule has 6 heteroatoms. The molecule has 1 aromatic heterocycles. The number of benzene rings is 1. The Balaban J connectivity index is 1.69. The SMILES string of the molecule is NC(=O)c1[c]ccc2oc(N3CC4(CCO4)C3)nc12. The number of ether oxygens (including phenoxy) is 1. The summed E-state index contributed by atoms with van der Waals surface area (Å²) in [5.41, 5.74) is 6.61. The van der Waals surface area contributed by atoms with Crippen LogP contribution in [0.3, 0.4) is 0 Å². The number of nitrogens with two attached hydrogens (primary N) is 1. The molecule has 0 unspecified atom stereocenters. The van der Waals surface area contributed by atoms with Gasteiger partial charge in [-0.3, -0.25) is 4.79 Å². The highest BCUT2D eigenvalue weighted by atomic mass is 16.5. The first-order valence-corrected chi connectivity index (χ1v) is 6.17. The van der Waals surface area contributed by atoms with Crippen LogP contribution < -0.4 is 10.6 Å². The summed E-state index contributed by atoms with van der Waals surface area (Å²) < 4.78 is 11.2. The number of aromatic nitrogens is 1. The van der Waals surface area contributed by atoms with Crippen molar-refractivity contribution in [3.8, 4) is 0 Å². The summed E-state index contributed by atoms with van der Waals surface area (Å²) in [6, 6.07) is 6.65. The van der Waals surface area contributed by atoms with Crippen LogP contribution in [0.15, 0.2) is 16.5 Å². The molecular formula is C13H12N3O3. The van der Waals surface area contributed by atoms with Gasteiger partial charge in [0.1, 0.15) is 11.1 Å². The third-order valence-corrected chi connectivity index (χ3v) is 3.78. The number of anilines is 1. The van der Waals surface area contributed by atoms with Gasteiger partial charge in [-0.15, -0.1) is 0 Å². The topological polar surface area (TPSA) is 81.6 Å². The van der Waals surface area contributed by atoms with Crippen molar-refractivity contribution in [1.29, 1.82) is 0 Å². The minimum atomic E-state index is -0.548. The summed E-state index contributed by atoms with van der Waals surface area (Å²) >= 11 is 0. The van der Waals surface area contributed by atoms with Crippen molar-refractivity contribution in [2.75, 3.05) is 24.6 Å². The summed E-state index contributed by atoms with van der Waals surface area (Å²) in [6.07, 6.45) is 1.09. The molecule has 1 radical (unpaired) electrons. The Kier molecular flexibility index (Phi) is 1.98. The van der Waals surface area contributed by atoms with Crippen molar-refractivity contribution in [2.45, 2.75) is 12.0 Å². The first kappa shape index (κ1) is 10.8. The Labute approximate surface area is 109 Å². The van der Waals surface area contributed by atoms with E-state index in [2.05, 4.69) is 11.1 Å². The van der Waals surface area contributed by atoms with E-state index in [1.165, 1.54) is 0 Å². The lowest BCUT2D eigenvalue weighted by Crippen LogP contribution is -2.68. The van der Waals surface area contributed by atoms with Gasteiger partial charge in [0, 0.05) is 6.42 Å². The molecule has 3 heterocycles. The number of amides is 1. The first-order valence-electron chi connectivity index (χ1n) is 6.17. The second kappa shape index (κ2) is 3.48. The van der Waals surface area contributed by atoms with Crippen LogP contribution in [-0.2, 0) is 4.74 Å². The number of hydrogen-bond donors (Lipinski definition) is 1. The number of oxazole rings is 1. The molecule has 2 fully saturated rings. The van der Waals surface area contributed by atoms with Gasteiger partial charge in [-0.1, -0.05) is 0 Å². The zero-order valence-corrected chi connectivity index (χ0v) is 10.2. The largest absolute Gasteiger partial charge is 0.423 e. The molecular weight excluding hydrogens is 246 g/mol. The van der Waals surface area contributed by atoms with E-state index < -0.39 is 5.91 Å². The summed E-state index contributed by atoms with van der Waals surface area (Å²) in [6.45, 7) is 2.41. The number of carbonyl (C=O) groups is 1. The number of fused-ring (bicyclic) bond motifs is 1. The van der Waals surface area contributed by atoms with Crippen LogP contribution >= 0.6 is 0 Å². The second-order valence-electron chi connectivity index (χ2n) is 5.06. The van der Waals surface area contributed by atoms with E-state index in [0.29, 0.717) is 17.1 Å². The summed E-state index contributed by atoms with van der Waals surface area (Å²) in [5, 5.41) is 0. The maximum absolute atomic E-state index is 11.3. The Bertz CT molecular complexity index is 667. The summed E-state index contributed by atoms with van der Waals surface area (Å²) in [4.78, 5) is 17.7. The van der Waals surface area contributed by atoms with E-state index in [4.69, 9.17) is 14.9 Å². The summed E-state index contributed by atoms with van der Waals surface area (Å²) in [5.74, 6) is -0.548. The van der Waals surface area contributed by atoms with Gasteiger partial charge in [0.05, 0.1) is 25.3 Å². The smallest absolute Gasteiger partial charge is 0.298 e. The maximum atomic E-state index is 11.3. The molecule has 2 N–H and O–H groups in total. The maximum Gasteiger partial charge on any atom is 0.298 e. The molecule has 1 spiro atoms. The molecule has 2 aromatic rings. The standard InChI is InChI=1S/C13H12N3O3/c14-11(17)8-2-1-3-9-10(8)15-12(19-9)16-6-13(7-16)4-5-18-13/h1,3H,4-7H2,(H2,14,17). The number of rotatable bonds is 2. The third kappa shape index (κ3) is 1.46. The molecule has 2 aliphatic rings. The van der Waals surface area contributed by atoms with Gasteiger partial charge in [-0.25, -0.2) is 0 Å². The molecule has 0 saturated carbocycles. The van der Waals surface area contributed by atoms with E-state index in [0.717, 1.165) is 26.1 Å². The Morgan fingerprint density at radius 1 is 1.53 bits per heavy atom. The van der Waals surface area contributed by atoms with Crippen LogP contribution in [-0.4, -0.2) is 36.2 Å². The van der Waals surface area contributed by atoms with E-state index >= 15 is 0 Å². The number of nitrogens with zero attached hydrogens (tertiary/aromatic N) is 2. The zero-order valence-electron chi connectivity index (χ0n) is 10.2. The average molecular weight is 258 g/mol. The molecule has 1 aromatic carbocycles. The predicted octanol–water partition coefficient (Wildman–Crippen LogP) is 0.706. The zero-order chi connectivity index (χ0) is 13.0. The van der Waals surface area contributed by atoms with Crippen LogP contribution in [0.25, 0.3) is 11.1 Å². The van der Waals surface area contributed by atoms with Gasteiger partial charge in [0.2, 0.25) is 0 Å². The fraction of sp³-hybridized carbons (Fsp3) is 0.385. The minimum Gasteiger partial charge on any atom is -0.423 e. The van der Waals surface area contributed by atoms with Crippen molar-refractivity contribution in [3.05, 3.63) is 23.8 Å². The lowest BCUT2D eigenvalue weighted by molar-refractivity contribution is -0.162. The normalized spacial score (nSPS) is 20.3. The van der Waals surface area contributed by atoms with Crippen LogP contribution in [0.2, 0.25) is 0 Å². The second-order valence-corrected chi connectivity index (χ2v) is 5.06. The van der Waals surface area contributed by atoms with Gasteiger partial charge < -0.3 is 19.8 Å². The van der Waals surface area contributed by atoms with Crippen LogP contribution in [0.5, 0.6) is 0 Å². The van der Waals surface area contributed by atoms with Gasteiger partial charge in [-0.05, 0) is 18.2 Å². The molecule has 4 rings (SSSR count). The molecule has 2 aliphatic heterocycles. The first-order chi connectivity index (χ1) is 9.17. The fourth-order valence-electron chi connectivity index (χ4n) is 2.63. The number of hydrogen-bond acceptors (Lipinski definition) is 5. The number of primary amides is 1. The Morgan fingerprint density at radius 2 is 2.32 bits per heavy atom. The molecule has 19 heavy (non-hydrogen) atoms. The minimum absolute atomic E-state index is 0.0132. The predicted molar refractivity (Wildman–Crippen MR) is 66.9 cm³/mol. The lowest BCUT2D eigenvalue weighted by Gasteiger charge is -2.54. The molecule has 2 saturated heterocycles. The van der Waals surface area contributed by atoms with Crippen molar-refractivity contribution in [3.63, 3.8) is 0 Å². The summed E-state index contributed by atoms with van der Waals surface area (Å²) in [7, 11) is 0. The molecule has 97 valence electrons. The van der Waals surface area contributed by atoms with Crippen molar-refractivity contribution < 1.29 is 13.9 Å². The Hall–Kier alpha value is -2.08. The van der Waals surface area contributed by atoms with Crippen LogP contribution in [0, 0.1) is 6.07 Å². The Morgan fingerprint density at radius 3 is 2.95 bits per heavy atom. The van der Waals surface area contributed by atoms with Gasteiger partial charge in [-0.2, -0.15) is 4.98 Å². The monoisotopic (exact) mass is 258 g/mol. The molecule has 6 nitrogen and oxygen atoms in total. The molecule has 0 bridgehead atoms. The highest BCUT2D eigenvalue weighted by Crippen LogP contribution is 2.39. The highest BCUT2D eigenvalue weighted by Gasteiger charge is 2.50. The quantitative estimate of drug-likeness (QED) is 0.857. The third-order valence-electron chi connectivity index (χ3n) is 3.78. The van der Waals surface area contributed by atoms with E-state index in [1.54, 1.807) is 12.1 Å². The van der Waals surface area contributed by atoms with Crippen molar-refractivity contribution >= 4 is 23.0 Å². The van der Waals surface area contributed by atoms with Crippen molar-refractivity contribution in [2.24, 2.45) is 5.73 Å². The van der Waals surface area contributed by atoms with Gasteiger partial charge >= 0.3 is 0 Å². The van der Waals surface area contributed by atoms with Gasteiger partial charge in [0.15, 0.2) is 5.58 Å². The van der Waals surface area contributed by atoms with Crippen molar-refractivity contribution in [1.82, 2.24) is 4.98 Å².